The van der Waals surface area contributed by atoms with Crippen LogP contribution in [-0.4, -0.2) is 20.9 Å². The lowest BCUT2D eigenvalue weighted by molar-refractivity contribution is 0.112. The second-order valence-corrected chi connectivity index (χ2v) is 7.61. The number of rotatable bonds is 4. The molecule has 0 atom stereocenters. The summed E-state index contributed by atoms with van der Waals surface area (Å²) in [7, 11) is 0. The molecule has 0 bridgehead atoms. The molecule has 5 aromatic rings. The molecule has 152 valence electrons. The maximum Gasteiger partial charge on any atom is 0.163 e. The molecule has 0 aliphatic carbocycles. The number of hydrogen-bond donors (Lipinski definition) is 0. The molecule has 5 heteroatoms. The zero-order valence-corrected chi connectivity index (χ0v) is 17.4. The van der Waals surface area contributed by atoms with E-state index in [2.05, 4.69) is 53.4 Å². The summed E-state index contributed by atoms with van der Waals surface area (Å²) in [6, 6.07) is 27.5. The molecule has 5 rings (SSSR count). The van der Waals surface area contributed by atoms with Crippen molar-refractivity contribution in [2.75, 3.05) is 0 Å². The molecule has 0 saturated heterocycles. The number of pyridine rings is 1. The molecule has 2 heterocycles. The molecule has 0 N–H and O–H groups in total. The molecule has 32 heavy (non-hydrogen) atoms. The van der Waals surface area contributed by atoms with E-state index in [-0.39, 0.29) is 0 Å². The van der Waals surface area contributed by atoms with Gasteiger partial charge in [0.25, 0.3) is 0 Å². The van der Waals surface area contributed by atoms with Gasteiger partial charge in [-0.3, -0.25) is 4.79 Å². The molecule has 0 unspecified atom stereocenters. The van der Waals surface area contributed by atoms with Crippen LogP contribution in [0.4, 0.5) is 0 Å². The molecule has 0 fully saturated rings. The number of aldehydes is 1. The van der Waals surface area contributed by atoms with Gasteiger partial charge in [-0.25, -0.2) is 9.50 Å². The van der Waals surface area contributed by atoms with Gasteiger partial charge >= 0.3 is 0 Å². The van der Waals surface area contributed by atoms with E-state index < -0.39 is 0 Å². The normalized spacial score (nSPS) is 10.8. The smallest absolute Gasteiger partial charge is 0.163 e. The topological polar surface area (TPSA) is 71.0 Å². The first-order chi connectivity index (χ1) is 15.7. The van der Waals surface area contributed by atoms with Gasteiger partial charge in [-0.05, 0) is 42.3 Å². The molecule has 3 aromatic carbocycles. The van der Waals surface area contributed by atoms with Crippen LogP contribution in [0.2, 0.25) is 0 Å². The number of hydrogen-bond acceptors (Lipinski definition) is 4. The minimum atomic E-state index is 0.600. The largest absolute Gasteiger partial charge is 0.298 e. The quantitative estimate of drug-likeness (QED) is 0.353. The Hall–Kier alpha value is -4.56. The van der Waals surface area contributed by atoms with E-state index in [1.165, 1.54) is 5.56 Å². The highest BCUT2D eigenvalue weighted by molar-refractivity contribution is 5.91. The zero-order chi connectivity index (χ0) is 22.1. The summed E-state index contributed by atoms with van der Waals surface area (Å²) >= 11 is 0. The van der Waals surface area contributed by atoms with Crippen molar-refractivity contribution < 1.29 is 4.79 Å². The van der Waals surface area contributed by atoms with Crippen molar-refractivity contribution in [2.45, 2.75) is 6.92 Å². The molecule has 0 amide bonds. The summed E-state index contributed by atoms with van der Waals surface area (Å²) in [6.45, 7) is 2.06. The first kappa shape index (κ1) is 19.4. The van der Waals surface area contributed by atoms with E-state index >= 15 is 0 Å². The SMILES string of the molecule is Cc1ccc(-c2c(-c3ccc(C#N)cc3)cc(-c3cccc(C=O)c3)c3ncnn23)cc1. The highest BCUT2D eigenvalue weighted by Gasteiger charge is 2.18. The van der Waals surface area contributed by atoms with E-state index in [9.17, 15) is 10.1 Å². The first-order valence-corrected chi connectivity index (χ1v) is 10.2. The van der Waals surface area contributed by atoms with Crippen molar-refractivity contribution in [3.05, 3.63) is 102 Å². The first-order valence-electron chi connectivity index (χ1n) is 10.2. The highest BCUT2D eigenvalue weighted by atomic mass is 16.1. The van der Waals surface area contributed by atoms with Crippen LogP contribution in [0.25, 0.3) is 39.2 Å². The van der Waals surface area contributed by atoms with Gasteiger partial charge in [0.1, 0.15) is 12.6 Å². The third kappa shape index (κ3) is 3.34. The molecule has 0 aliphatic rings. The minimum absolute atomic E-state index is 0.600. The van der Waals surface area contributed by atoms with Gasteiger partial charge in [0.2, 0.25) is 0 Å². The number of carbonyl (C=O) groups is 1. The molecule has 0 spiro atoms. The molecular formula is C27H18N4O. The van der Waals surface area contributed by atoms with Crippen LogP contribution in [0, 0.1) is 18.3 Å². The minimum Gasteiger partial charge on any atom is -0.298 e. The standard InChI is InChI=1S/C27H18N4O/c1-18-5-9-22(10-6-18)26-24(21-11-7-19(15-28)8-12-21)14-25(27-29-17-30-31(26)27)23-4-2-3-20(13-23)16-32/h2-14,16-17H,1H3. The maximum absolute atomic E-state index is 11.4. The lowest BCUT2D eigenvalue weighted by atomic mass is 9.94. The Balaban J connectivity index is 1.85. The molecule has 0 radical (unpaired) electrons. The van der Waals surface area contributed by atoms with Gasteiger partial charge < -0.3 is 0 Å². The molecular weight excluding hydrogens is 396 g/mol. The van der Waals surface area contributed by atoms with E-state index in [0.29, 0.717) is 16.8 Å². The Bertz CT molecular complexity index is 1490. The van der Waals surface area contributed by atoms with Crippen LogP contribution in [0.3, 0.4) is 0 Å². The number of nitrogens with zero attached hydrogens (tertiary/aromatic N) is 4. The Morgan fingerprint density at radius 1 is 0.875 bits per heavy atom. The van der Waals surface area contributed by atoms with Crippen molar-refractivity contribution in [1.29, 1.82) is 5.26 Å². The van der Waals surface area contributed by atoms with Gasteiger partial charge in [0.05, 0.1) is 17.3 Å². The Morgan fingerprint density at radius 2 is 1.62 bits per heavy atom. The monoisotopic (exact) mass is 414 g/mol. The lowest BCUT2D eigenvalue weighted by Gasteiger charge is -2.16. The Kier molecular flexibility index (Phi) is 4.81. The maximum atomic E-state index is 11.4. The third-order valence-electron chi connectivity index (χ3n) is 5.53. The van der Waals surface area contributed by atoms with E-state index in [0.717, 1.165) is 39.8 Å². The molecule has 5 nitrogen and oxygen atoms in total. The summed E-state index contributed by atoms with van der Waals surface area (Å²) in [5.41, 5.74) is 8.70. The molecule has 0 saturated carbocycles. The highest BCUT2D eigenvalue weighted by Crippen LogP contribution is 2.37. The fourth-order valence-electron chi connectivity index (χ4n) is 3.91. The van der Waals surface area contributed by atoms with E-state index in [1.807, 2.05) is 47.0 Å². The fourth-order valence-corrected chi connectivity index (χ4v) is 3.91. The van der Waals surface area contributed by atoms with Crippen LogP contribution in [0.5, 0.6) is 0 Å². The average Bonchev–Trinajstić information content (AvgIpc) is 3.33. The average molecular weight is 414 g/mol. The van der Waals surface area contributed by atoms with Crippen LogP contribution >= 0.6 is 0 Å². The summed E-state index contributed by atoms with van der Waals surface area (Å²) in [5, 5.41) is 13.8. The van der Waals surface area contributed by atoms with Gasteiger partial charge in [-0.1, -0.05) is 60.2 Å². The zero-order valence-electron chi connectivity index (χ0n) is 17.4. The van der Waals surface area contributed by atoms with Crippen molar-refractivity contribution in [1.82, 2.24) is 14.6 Å². The number of nitriles is 1. The predicted octanol–water partition coefficient (Wildman–Crippen LogP) is 5.72. The van der Waals surface area contributed by atoms with Crippen LogP contribution in [0.1, 0.15) is 21.5 Å². The molecule has 0 aliphatic heterocycles. The van der Waals surface area contributed by atoms with Crippen LogP contribution < -0.4 is 0 Å². The second kappa shape index (κ2) is 7.93. The number of benzene rings is 3. The Morgan fingerprint density at radius 3 is 2.34 bits per heavy atom. The van der Waals surface area contributed by atoms with Crippen LogP contribution in [-0.2, 0) is 0 Å². The van der Waals surface area contributed by atoms with Gasteiger partial charge in [-0.2, -0.15) is 10.4 Å². The second-order valence-electron chi connectivity index (χ2n) is 7.61. The predicted molar refractivity (Wildman–Crippen MR) is 124 cm³/mol. The summed E-state index contributed by atoms with van der Waals surface area (Å²) in [5.74, 6) is 0. The number of fused-ring (bicyclic) bond motifs is 1. The van der Waals surface area contributed by atoms with Crippen molar-refractivity contribution >= 4 is 11.9 Å². The third-order valence-corrected chi connectivity index (χ3v) is 5.53. The fraction of sp³-hybridized carbons (Fsp3) is 0.0370. The van der Waals surface area contributed by atoms with Crippen LogP contribution in [0.15, 0.2) is 85.2 Å². The summed E-state index contributed by atoms with van der Waals surface area (Å²) < 4.78 is 1.85. The number of aryl methyl sites for hydroxylation is 1. The van der Waals surface area contributed by atoms with Gasteiger partial charge in [-0.15, -0.1) is 0 Å². The summed E-state index contributed by atoms with van der Waals surface area (Å²) in [4.78, 5) is 15.9. The Labute approximate surface area is 185 Å². The van der Waals surface area contributed by atoms with E-state index in [1.54, 1.807) is 12.4 Å². The molecule has 2 aromatic heterocycles. The number of carbonyl (C=O) groups excluding carboxylic acids is 1. The van der Waals surface area contributed by atoms with Crippen molar-refractivity contribution in [3.63, 3.8) is 0 Å². The van der Waals surface area contributed by atoms with E-state index in [4.69, 9.17) is 0 Å². The van der Waals surface area contributed by atoms with Gasteiger partial charge in [0.15, 0.2) is 5.65 Å². The lowest BCUT2D eigenvalue weighted by Crippen LogP contribution is -2.00. The van der Waals surface area contributed by atoms with Crippen molar-refractivity contribution in [3.8, 4) is 39.6 Å². The summed E-state index contributed by atoms with van der Waals surface area (Å²) in [6.07, 6.45) is 2.38. The van der Waals surface area contributed by atoms with Crippen molar-refractivity contribution in [2.24, 2.45) is 0 Å². The van der Waals surface area contributed by atoms with Gasteiger partial charge in [0, 0.05) is 22.3 Å². The number of aromatic nitrogens is 3.